The normalized spacial score (nSPS) is 38.4. The summed E-state index contributed by atoms with van der Waals surface area (Å²) in [6.07, 6.45) is 2.53. The van der Waals surface area contributed by atoms with Crippen molar-refractivity contribution in [2.75, 3.05) is 13.6 Å². The summed E-state index contributed by atoms with van der Waals surface area (Å²) in [5.74, 6) is 0.915. The third-order valence-electron chi connectivity index (χ3n) is 3.04. The highest BCUT2D eigenvalue weighted by Gasteiger charge is 2.49. The van der Waals surface area contributed by atoms with Crippen LogP contribution in [0.1, 0.15) is 19.8 Å². The SMILES string of the molecule is CN1C(=O)CNC1(C)C1CC1. The first kappa shape index (κ1) is 7.10. The maximum atomic E-state index is 11.2. The van der Waals surface area contributed by atoms with Gasteiger partial charge in [0.1, 0.15) is 0 Å². The van der Waals surface area contributed by atoms with Crippen LogP contribution in [0.3, 0.4) is 0 Å². The number of hydrogen-bond donors (Lipinski definition) is 1. The average Bonchev–Trinajstić information content (AvgIpc) is 2.77. The largest absolute Gasteiger partial charge is 0.326 e. The molecule has 0 bridgehead atoms. The Hall–Kier alpha value is -0.570. The molecule has 1 N–H and O–H groups in total. The van der Waals surface area contributed by atoms with Gasteiger partial charge in [0.05, 0.1) is 12.2 Å². The molecule has 1 aliphatic heterocycles. The number of hydrogen-bond acceptors (Lipinski definition) is 2. The zero-order valence-corrected chi connectivity index (χ0v) is 7.05. The van der Waals surface area contributed by atoms with Crippen LogP contribution in [-0.4, -0.2) is 30.1 Å². The quantitative estimate of drug-likeness (QED) is 0.584. The van der Waals surface area contributed by atoms with Crippen molar-refractivity contribution in [3.63, 3.8) is 0 Å². The van der Waals surface area contributed by atoms with Crippen LogP contribution >= 0.6 is 0 Å². The van der Waals surface area contributed by atoms with Crippen LogP contribution in [0.15, 0.2) is 0 Å². The number of carbonyl (C=O) groups is 1. The molecule has 3 nitrogen and oxygen atoms in total. The Bertz CT molecular complexity index is 200. The molecule has 62 valence electrons. The van der Waals surface area contributed by atoms with Gasteiger partial charge in [0.2, 0.25) is 5.91 Å². The molecule has 1 amide bonds. The van der Waals surface area contributed by atoms with Crippen LogP contribution in [-0.2, 0) is 4.79 Å². The van der Waals surface area contributed by atoms with Crippen LogP contribution in [0.4, 0.5) is 0 Å². The van der Waals surface area contributed by atoms with Crippen LogP contribution in [0.25, 0.3) is 0 Å². The fourth-order valence-electron chi connectivity index (χ4n) is 1.81. The van der Waals surface area contributed by atoms with Crippen molar-refractivity contribution in [3.8, 4) is 0 Å². The molecule has 1 unspecified atom stereocenters. The molecule has 0 aromatic rings. The topological polar surface area (TPSA) is 32.3 Å². The lowest BCUT2D eigenvalue weighted by Crippen LogP contribution is -2.49. The summed E-state index contributed by atoms with van der Waals surface area (Å²) in [5, 5.41) is 3.27. The van der Waals surface area contributed by atoms with Gasteiger partial charge < -0.3 is 4.90 Å². The molecule has 0 spiro atoms. The van der Waals surface area contributed by atoms with Gasteiger partial charge in [-0.05, 0) is 25.7 Å². The highest BCUT2D eigenvalue weighted by atomic mass is 16.2. The second kappa shape index (κ2) is 1.97. The van der Waals surface area contributed by atoms with Crippen molar-refractivity contribution in [2.24, 2.45) is 5.92 Å². The summed E-state index contributed by atoms with van der Waals surface area (Å²) >= 11 is 0. The van der Waals surface area contributed by atoms with E-state index in [9.17, 15) is 4.79 Å². The fraction of sp³-hybridized carbons (Fsp3) is 0.875. The molecule has 3 heteroatoms. The van der Waals surface area contributed by atoms with Crippen LogP contribution in [0.2, 0.25) is 0 Å². The van der Waals surface area contributed by atoms with Crippen LogP contribution < -0.4 is 5.32 Å². The number of likely N-dealkylation sites (N-methyl/N-ethyl adjacent to an activating group) is 1. The maximum Gasteiger partial charge on any atom is 0.237 e. The lowest BCUT2D eigenvalue weighted by molar-refractivity contribution is -0.128. The molecular weight excluding hydrogens is 140 g/mol. The second-order valence-corrected chi connectivity index (χ2v) is 3.73. The zero-order chi connectivity index (χ0) is 8.06. The Labute approximate surface area is 66.8 Å². The second-order valence-electron chi connectivity index (χ2n) is 3.73. The molecule has 1 heterocycles. The number of carbonyl (C=O) groups excluding carboxylic acids is 1. The van der Waals surface area contributed by atoms with Crippen molar-refractivity contribution >= 4 is 5.91 Å². The summed E-state index contributed by atoms with van der Waals surface area (Å²) in [5.41, 5.74) is -0.0307. The van der Waals surface area contributed by atoms with E-state index >= 15 is 0 Å². The molecule has 0 aromatic heterocycles. The molecule has 1 atom stereocenters. The summed E-state index contributed by atoms with van der Waals surface area (Å²) in [6, 6.07) is 0. The predicted octanol–water partition coefficient (Wildman–Crippen LogP) is 0.174. The highest BCUT2D eigenvalue weighted by Crippen LogP contribution is 2.42. The summed E-state index contributed by atoms with van der Waals surface area (Å²) < 4.78 is 0. The van der Waals surface area contributed by atoms with E-state index in [2.05, 4.69) is 12.2 Å². The van der Waals surface area contributed by atoms with Gasteiger partial charge in [0.15, 0.2) is 0 Å². The molecule has 1 aliphatic carbocycles. The molecule has 2 aliphatic rings. The molecule has 11 heavy (non-hydrogen) atoms. The lowest BCUT2D eigenvalue weighted by atomic mass is 10.1. The van der Waals surface area contributed by atoms with E-state index in [-0.39, 0.29) is 11.6 Å². The van der Waals surface area contributed by atoms with Crippen molar-refractivity contribution < 1.29 is 4.79 Å². The summed E-state index contributed by atoms with van der Waals surface area (Å²) in [7, 11) is 1.89. The molecule has 1 saturated carbocycles. The highest BCUT2D eigenvalue weighted by molar-refractivity contribution is 5.81. The van der Waals surface area contributed by atoms with E-state index in [1.54, 1.807) is 0 Å². The number of rotatable bonds is 1. The summed E-state index contributed by atoms with van der Waals surface area (Å²) in [4.78, 5) is 13.0. The Morgan fingerprint density at radius 1 is 1.64 bits per heavy atom. The minimum atomic E-state index is -0.0307. The summed E-state index contributed by atoms with van der Waals surface area (Å²) in [6.45, 7) is 2.64. The van der Waals surface area contributed by atoms with Crippen molar-refractivity contribution in [1.29, 1.82) is 0 Å². The van der Waals surface area contributed by atoms with Crippen LogP contribution in [0.5, 0.6) is 0 Å². The molecule has 0 aromatic carbocycles. The van der Waals surface area contributed by atoms with Gasteiger partial charge in [0, 0.05) is 7.05 Å². The minimum Gasteiger partial charge on any atom is -0.326 e. The van der Waals surface area contributed by atoms with Crippen LogP contribution in [0, 0.1) is 5.92 Å². The smallest absolute Gasteiger partial charge is 0.237 e. The standard InChI is InChI=1S/C8H14N2O/c1-8(6-3-4-6)9-5-7(11)10(8)2/h6,9H,3-5H2,1-2H3. The van der Waals surface area contributed by atoms with E-state index in [0.717, 1.165) is 0 Å². The van der Waals surface area contributed by atoms with Gasteiger partial charge in [-0.1, -0.05) is 0 Å². The Morgan fingerprint density at radius 2 is 2.27 bits per heavy atom. The Balaban J connectivity index is 2.18. The third kappa shape index (κ3) is 0.872. The first-order chi connectivity index (χ1) is 5.14. The monoisotopic (exact) mass is 154 g/mol. The predicted molar refractivity (Wildman–Crippen MR) is 41.9 cm³/mol. The van der Waals surface area contributed by atoms with Gasteiger partial charge >= 0.3 is 0 Å². The number of nitrogens with one attached hydrogen (secondary N) is 1. The first-order valence-corrected chi connectivity index (χ1v) is 4.16. The van der Waals surface area contributed by atoms with Crippen molar-refractivity contribution in [2.45, 2.75) is 25.4 Å². The third-order valence-corrected chi connectivity index (χ3v) is 3.04. The molecule has 2 rings (SSSR count). The van der Waals surface area contributed by atoms with Gasteiger partial charge in [-0.25, -0.2) is 0 Å². The lowest BCUT2D eigenvalue weighted by Gasteiger charge is -2.32. The minimum absolute atomic E-state index is 0.0307. The van der Waals surface area contributed by atoms with Crippen molar-refractivity contribution in [3.05, 3.63) is 0 Å². The van der Waals surface area contributed by atoms with E-state index in [4.69, 9.17) is 0 Å². The first-order valence-electron chi connectivity index (χ1n) is 4.16. The van der Waals surface area contributed by atoms with Crippen molar-refractivity contribution in [1.82, 2.24) is 10.2 Å². The Morgan fingerprint density at radius 3 is 2.64 bits per heavy atom. The molecular formula is C8H14N2O. The van der Waals surface area contributed by atoms with Gasteiger partial charge in [0.25, 0.3) is 0 Å². The average molecular weight is 154 g/mol. The Kier molecular flexibility index (Phi) is 1.27. The molecule has 0 radical (unpaired) electrons. The molecule has 1 saturated heterocycles. The van der Waals surface area contributed by atoms with Gasteiger partial charge in [-0.15, -0.1) is 0 Å². The van der Waals surface area contributed by atoms with E-state index in [0.29, 0.717) is 12.5 Å². The van der Waals surface area contributed by atoms with Gasteiger partial charge in [-0.2, -0.15) is 0 Å². The maximum absolute atomic E-state index is 11.2. The number of amides is 1. The van der Waals surface area contributed by atoms with Gasteiger partial charge in [-0.3, -0.25) is 10.1 Å². The van der Waals surface area contributed by atoms with E-state index in [1.165, 1.54) is 12.8 Å². The zero-order valence-electron chi connectivity index (χ0n) is 7.05. The number of nitrogens with zero attached hydrogens (tertiary/aromatic N) is 1. The van der Waals surface area contributed by atoms with E-state index in [1.807, 2.05) is 11.9 Å². The van der Waals surface area contributed by atoms with E-state index < -0.39 is 0 Å². The molecule has 2 fully saturated rings. The fourth-order valence-corrected chi connectivity index (χ4v) is 1.81.